The number of cyclic esters (lactones) is 2. The number of alkyl halides is 1. The van der Waals surface area contributed by atoms with Crippen LogP contribution in [-0.2, 0) is 14.2 Å². The average Bonchev–Trinajstić information content (AvgIpc) is 2.35. The van der Waals surface area contributed by atoms with Gasteiger partial charge in [-0.2, -0.15) is 4.39 Å². The zero-order chi connectivity index (χ0) is 10.3. The minimum atomic E-state index is -1.55. The van der Waals surface area contributed by atoms with E-state index < -0.39 is 18.7 Å². The van der Waals surface area contributed by atoms with Gasteiger partial charge in [-0.1, -0.05) is 0 Å². The molecule has 0 saturated carbocycles. The molecule has 1 saturated heterocycles. The minimum Gasteiger partial charge on any atom is -0.450 e. The highest BCUT2D eigenvalue weighted by Gasteiger charge is 2.23. The third kappa shape index (κ3) is 6.85. The molecule has 1 aliphatic heterocycles. The lowest BCUT2D eigenvalue weighted by molar-refractivity contribution is 0.0572. The summed E-state index contributed by atoms with van der Waals surface area (Å²) in [4.78, 5) is 19.1. The molecule has 0 radical (unpaired) electrons. The van der Waals surface area contributed by atoms with Gasteiger partial charge in [-0.15, -0.1) is 0 Å². The molecular formula is C6H9FO6. The van der Waals surface area contributed by atoms with Crippen LogP contribution in [0.25, 0.3) is 0 Å². The van der Waals surface area contributed by atoms with Gasteiger partial charge < -0.3 is 19.3 Å². The molecule has 0 aliphatic carbocycles. The molecule has 1 fully saturated rings. The molecule has 1 atom stereocenters. The fraction of sp³-hybridized carbons (Fsp3) is 0.667. The van der Waals surface area contributed by atoms with Crippen LogP contribution in [0.5, 0.6) is 0 Å². The first kappa shape index (κ1) is 11.5. The van der Waals surface area contributed by atoms with E-state index in [1.54, 1.807) is 6.92 Å². The van der Waals surface area contributed by atoms with Crippen LogP contribution in [0.1, 0.15) is 6.92 Å². The molecular weight excluding hydrogens is 187 g/mol. The topological polar surface area (TPSA) is 82.1 Å². The zero-order valence-corrected chi connectivity index (χ0v) is 6.86. The normalized spacial score (nSPS) is 19.2. The Labute approximate surface area is 73.2 Å². The van der Waals surface area contributed by atoms with Gasteiger partial charge in [0.2, 0.25) is 0 Å². The van der Waals surface area contributed by atoms with Crippen LogP contribution in [0.4, 0.5) is 14.0 Å². The Bertz CT molecular complexity index is 182. The summed E-state index contributed by atoms with van der Waals surface area (Å²) in [6, 6.07) is 0. The second kappa shape index (κ2) is 6.04. The molecule has 13 heavy (non-hydrogen) atoms. The molecule has 7 heteroatoms. The number of halogens is 1. The maximum atomic E-state index is 11.6. The van der Waals surface area contributed by atoms with Gasteiger partial charge in [-0.05, 0) is 6.92 Å². The Kier molecular flexibility index (Phi) is 5.33. The fourth-order valence-electron chi connectivity index (χ4n) is 0.429. The Morgan fingerprint density at radius 3 is 2.54 bits per heavy atom. The summed E-state index contributed by atoms with van der Waals surface area (Å²) >= 11 is 0. The van der Waals surface area contributed by atoms with Crippen molar-refractivity contribution in [1.29, 1.82) is 0 Å². The minimum absolute atomic E-state index is 0.231. The van der Waals surface area contributed by atoms with E-state index in [2.05, 4.69) is 14.2 Å². The number of carboxylic acid groups (broad SMARTS) is 1. The number of carbonyl (C=O) groups excluding carboxylic acids is 1. The van der Waals surface area contributed by atoms with E-state index in [1.165, 1.54) is 0 Å². The predicted octanol–water partition coefficient (Wildman–Crippen LogP) is 1.15. The summed E-state index contributed by atoms with van der Waals surface area (Å²) < 4.78 is 23.4. The van der Waals surface area contributed by atoms with Gasteiger partial charge >= 0.3 is 12.3 Å². The molecule has 1 rings (SSSR count). The van der Waals surface area contributed by atoms with Crippen molar-refractivity contribution in [3.63, 3.8) is 0 Å². The third-order valence-corrected chi connectivity index (χ3v) is 0.824. The quantitative estimate of drug-likeness (QED) is 0.633. The molecule has 6 nitrogen and oxygen atoms in total. The van der Waals surface area contributed by atoms with Gasteiger partial charge in [-0.25, -0.2) is 9.59 Å². The van der Waals surface area contributed by atoms with Crippen molar-refractivity contribution in [2.45, 2.75) is 13.3 Å². The molecule has 0 amide bonds. The summed E-state index contributed by atoms with van der Waals surface area (Å²) in [7, 11) is 0. The monoisotopic (exact) mass is 196 g/mol. The smallest absolute Gasteiger partial charge is 0.450 e. The van der Waals surface area contributed by atoms with Crippen molar-refractivity contribution in [1.82, 2.24) is 0 Å². The second-order valence-electron chi connectivity index (χ2n) is 1.79. The second-order valence-corrected chi connectivity index (χ2v) is 1.79. The summed E-state index contributed by atoms with van der Waals surface area (Å²) in [5.41, 5.74) is 0. The Hall–Kier alpha value is -1.53. The zero-order valence-electron chi connectivity index (χ0n) is 6.86. The number of carbonyl (C=O) groups is 2. The maximum Gasteiger partial charge on any atom is 0.511 e. The first-order valence-electron chi connectivity index (χ1n) is 3.39. The number of rotatable bonds is 1. The van der Waals surface area contributed by atoms with E-state index in [0.717, 1.165) is 0 Å². The van der Waals surface area contributed by atoms with Crippen LogP contribution < -0.4 is 0 Å². The van der Waals surface area contributed by atoms with Gasteiger partial charge in [-0.3, -0.25) is 0 Å². The molecule has 1 unspecified atom stereocenters. The third-order valence-electron chi connectivity index (χ3n) is 0.824. The van der Waals surface area contributed by atoms with Crippen LogP contribution in [0.3, 0.4) is 0 Å². The van der Waals surface area contributed by atoms with Gasteiger partial charge in [0.25, 0.3) is 6.36 Å². The van der Waals surface area contributed by atoms with E-state index in [1.807, 2.05) is 0 Å². The van der Waals surface area contributed by atoms with E-state index in [0.29, 0.717) is 0 Å². The molecule has 0 spiro atoms. The van der Waals surface area contributed by atoms with E-state index >= 15 is 0 Å². The highest BCUT2D eigenvalue weighted by atomic mass is 19.1. The van der Waals surface area contributed by atoms with Crippen LogP contribution in [0.2, 0.25) is 0 Å². The lowest BCUT2D eigenvalue weighted by atomic mass is 10.8. The molecule has 1 heterocycles. The Balaban J connectivity index is 0.000000226. The standard InChI is InChI=1S/C3H3FO3.C3H6O3/c4-2-1-6-3(5)7-2;1-2-6-3(4)5/h2H,1H2;2H2,1H3,(H,4,5). The van der Waals surface area contributed by atoms with Gasteiger partial charge in [0.15, 0.2) is 6.61 Å². The van der Waals surface area contributed by atoms with Crippen LogP contribution in [0, 0.1) is 0 Å². The van der Waals surface area contributed by atoms with Crippen LogP contribution in [-0.4, -0.2) is 37.0 Å². The fourth-order valence-corrected chi connectivity index (χ4v) is 0.429. The predicted molar refractivity (Wildman–Crippen MR) is 37.0 cm³/mol. The number of hydrogen-bond donors (Lipinski definition) is 1. The maximum absolute atomic E-state index is 11.6. The van der Waals surface area contributed by atoms with Gasteiger partial charge in [0.05, 0.1) is 6.61 Å². The van der Waals surface area contributed by atoms with E-state index in [-0.39, 0.29) is 13.2 Å². The summed E-state index contributed by atoms with van der Waals surface area (Å²) in [6.45, 7) is 1.59. The molecule has 0 aromatic rings. The lowest BCUT2D eigenvalue weighted by Gasteiger charge is -1.87. The number of hydrogen-bond acceptors (Lipinski definition) is 5. The van der Waals surface area contributed by atoms with Gasteiger partial charge in [0, 0.05) is 0 Å². The molecule has 1 aliphatic rings. The van der Waals surface area contributed by atoms with E-state index in [9.17, 15) is 14.0 Å². The molecule has 76 valence electrons. The molecule has 0 aromatic heterocycles. The number of ether oxygens (including phenoxy) is 3. The summed E-state index contributed by atoms with van der Waals surface area (Å²) in [5, 5.41) is 7.69. The van der Waals surface area contributed by atoms with Gasteiger partial charge in [0.1, 0.15) is 0 Å². The summed E-state index contributed by atoms with van der Waals surface area (Å²) in [5.74, 6) is 0. The van der Waals surface area contributed by atoms with Crippen molar-refractivity contribution in [2.24, 2.45) is 0 Å². The average molecular weight is 196 g/mol. The van der Waals surface area contributed by atoms with Crippen molar-refractivity contribution < 1.29 is 33.3 Å². The van der Waals surface area contributed by atoms with Crippen molar-refractivity contribution in [3.8, 4) is 0 Å². The van der Waals surface area contributed by atoms with E-state index in [4.69, 9.17) is 5.11 Å². The van der Waals surface area contributed by atoms with Crippen molar-refractivity contribution in [3.05, 3.63) is 0 Å². The van der Waals surface area contributed by atoms with Crippen molar-refractivity contribution >= 4 is 12.3 Å². The molecule has 0 aromatic carbocycles. The van der Waals surface area contributed by atoms with Crippen molar-refractivity contribution in [2.75, 3.05) is 13.2 Å². The Morgan fingerprint density at radius 1 is 1.85 bits per heavy atom. The first-order valence-corrected chi connectivity index (χ1v) is 3.39. The highest BCUT2D eigenvalue weighted by Crippen LogP contribution is 2.05. The summed E-state index contributed by atoms with van der Waals surface area (Å²) in [6.07, 6.45) is -3.68. The largest absolute Gasteiger partial charge is 0.511 e. The van der Waals surface area contributed by atoms with Crippen LogP contribution in [0.15, 0.2) is 0 Å². The highest BCUT2D eigenvalue weighted by molar-refractivity contribution is 5.61. The SMILES string of the molecule is CCOC(=O)O.O=C1OCC(F)O1. The lowest BCUT2D eigenvalue weighted by Crippen LogP contribution is -1.98. The molecule has 0 bridgehead atoms. The first-order chi connectivity index (χ1) is 6.06. The Morgan fingerprint density at radius 2 is 2.46 bits per heavy atom. The van der Waals surface area contributed by atoms with Crippen LogP contribution >= 0.6 is 0 Å². The molecule has 1 N–H and O–H groups in total.